The van der Waals surface area contributed by atoms with Crippen molar-refractivity contribution in [3.63, 3.8) is 0 Å². The van der Waals surface area contributed by atoms with E-state index in [2.05, 4.69) is 16.6 Å². The third kappa shape index (κ3) is 9.50. The lowest BCUT2D eigenvalue weighted by Gasteiger charge is -2.22. The zero-order valence-electron chi connectivity index (χ0n) is 10.3. The Morgan fingerprint density at radius 1 is 1.50 bits per heavy atom. The maximum atomic E-state index is 11.2. The molecule has 0 heterocycles. The highest BCUT2D eigenvalue weighted by Crippen LogP contribution is 2.20. The average Bonchev–Trinajstić information content (AvgIpc) is 2.12. The first-order chi connectivity index (χ1) is 7.35. The van der Waals surface area contributed by atoms with E-state index in [1.807, 2.05) is 20.8 Å². The summed E-state index contributed by atoms with van der Waals surface area (Å²) in [6.07, 6.45) is 5.18. The van der Waals surface area contributed by atoms with Crippen molar-refractivity contribution in [2.75, 3.05) is 19.6 Å². The van der Waals surface area contributed by atoms with Crippen LogP contribution in [0.3, 0.4) is 0 Å². The molecule has 1 atom stereocenters. The second-order valence-electron chi connectivity index (χ2n) is 5.03. The molecule has 4 nitrogen and oxygen atoms in total. The molecule has 0 spiro atoms. The lowest BCUT2D eigenvalue weighted by molar-refractivity contribution is -0.120. The van der Waals surface area contributed by atoms with Crippen LogP contribution in [-0.4, -0.2) is 36.8 Å². The predicted molar refractivity (Wildman–Crippen MR) is 64.8 cm³/mol. The average molecular weight is 226 g/mol. The van der Waals surface area contributed by atoms with Crippen LogP contribution in [0.5, 0.6) is 0 Å². The summed E-state index contributed by atoms with van der Waals surface area (Å²) in [6, 6.07) is 0. The van der Waals surface area contributed by atoms with Crippen LogP contribution in [0.15, 0.2) is 0 Å². The number of nitrogens with one attached hydrogen (secondary N) is 2. The van der Waals surface area contributed by atoms with Crippen molar-refractivity contribution in [2.45, 2.75) is 33.3 Å². The molecule has 3 N–H and O–H groups in total. The number of hydrogen-bond acceptors (Lipinski definition) is 3. The van der Waals surface area contributed by atoms with Gasteiger partial charge in [0.05, 0.1) is 19.2 Å². The monoisotopic (exact) mass is 226 g/mol. The minimum Gasteiger partial charge on any atom is -0.391 e. The normalized spacial score (nSPS) is 12.9. The van der Waals surface area contributed by atoms with E-state index < -0.39 is 6.10 Å². The summed E-state index contributed by atoms with van der Waals surface area (Å²) >= 11 is 0. The van der Waals surface area contributed by atoms with Crippen LogP contribution in [0, 0.1) is 17.8 Å². The van der Waals surface area contributed by atoms with E-state index in [9.17, 15) is 9.90 Å². The van der Waals surface area contributed by atoms with Gasteiger partial charge in [0.2, 0.25) is 5.91 Å². The van der Waals surface area contributed by atoms with Crippen molar-refractivity contribution >= 4 is 5.91 Å². The van der Waals surface area contributed by atoms with Gasteiger partial charge in [-0.25, -0.2) is 0 Å². The standard InChI is InChI=1S/C12H22N2O2/c1-5-6-13-9-11(16)14-8-10(15)7-12(2,3)4/h1,10,13,15H,6-9H2,2-4H3,(H,14,16). The van der Waals surface area contributed by atoms with Crippen LogP contribution in [0.25, 0.3) is 0 Å². The van der Waals surface area contributed by atoms with E-state index in [1.54, 1.807) is 0 Å². The Morgan fingerprint density at radius 3 is 2.62 bits per heavy atom. The molecule has 0 aromatic rings. The van der Waals surface area contributed by atoms with Crippen LogP contribution in [-0.2, 0) is 4.79 Å². The van der Waals surface area contributed by atoms with Crippen LogP contribution >= 0.6 is 0 Å². The fourth-order valence-corrected chi connectivity index (χ4v) is 1.32. The number of carbonyl (C=O) groups is 1. The molecule has 0 aliphatic heterocycles. The molecule has 0 aliphatic carbocycles. The lowest BCUT2D eigenvalue weighted by Crippen LogP contribution is -2.39. The number of aliphatic hydroxyl groups is 1. The van der Waals surface area contributed by atoms with Gasteiger partial charge in [-0.15, -0.1) is 6.42 Å². The van der Waals surface area contributed by atoms with Gasteiger partial charge in [0.25, 0.3) is 0 Å². The zero-order valence-corrected chi connectivity index (χ0v) is 10.3. The minimum atomic E-state index is -0.503. The first-order valence-electron chi connectivity index (χ1n) is 5.44. The number of carbonyl (C=O) groups excluding carboxylic acids is 1. The van der Waals surface area contributed by atoms with Crippen molar-refractivity contribution < 1.29 is 9.90 Å². The number of rotatable bonds is 6. The minimum absolute atomic E-state index is 0.0614. The molecule has 0 radical (unpaired) electrons. The fraction of sp³-hybridized carbons (Fsp3) is 0.750. The molecule has 92 valence electrons. The molecule has 0 saturated carbocycles. The molecule has 0 aliphatic rings. The van der Waals surface area contributed by atoms with Gasteiger partial charge >= 0.3 is 0 Å². The summed E-state index contributed by atoms with van der Waals surface area (Å²) in [4.78, 5) is 11.2. The third-order valence-electron chi connectivity index (χ3n) is 1.90. The fourth-order valence-electron chi connectivity index (χ4n) is 1.32. The molecular weight excluding hydrogens is 204 g/mol. The molecule has 0 saturated heterocycles. The smallest absolute Gasteiger partial charge is 0.234 e. The summed E-state index contributed by atoms with van der Waals surface area (Å²) < 4.78 is 0. The molecule has 1 unspecified atom stereocenters. The van der Waals surface area contributed by atoms with Crippen molar-refractivity contribution in [1.29, 1.82) is 0 Å². The van der Waals surface area contributed by atoms with Gasteiger partial charge < -0.3 is 10.4 Å². The molecule has 0 fully saturated rings. The second kappa shape index (κ2) is 7.26. The second-order valence-corrected chi connectivity index (χ2v) is 5.03. The highest BCUT2D eigenvalue weighted by molar-refractivity contribution is 5.78. The molecule has 0 bridgehead atoms. The SMILES string of the molecule is C#CCNCC(=O)NCC(O)CC(C)(C)C. The first kappa shape index (κ1) is 14.9. The van der Waals surface area contributed by atoms with Gasteiger partial charge in [0.1, 0.15) is 0 Å². The molecular formula is C12H22N2O2. The predicted octanol–water partition coefficient (Wildman–Crippen LogP) is 0.123. The maximum Gasteiger partial charge on any atom is 0.234 e. The van der Waals surface area contributed by atoms with Gasteiger partial charge in [-0.2, -0.15) is 0 Å². The number of hydrogen-bond donors (Lipinski definition) is 3. The highest BCUT2D eigenvalue weighted by atomic mass is 16.3. The summed E-state index contributed by atoms with van der Waals surface area (Å²) in [6.45, 7) is 6.99. The first-order valence-corrected chi connectivity index (χ1v) is 5.44. The number of aliphatic hydroxyl groups excluding tert-OH is 1. The van der Waals surface area contributed by atoms with Crippen molar-refractivity contribution in [3.05, 3.63) is 0 Å². The third-order valence-corrected chi connectivity index (χ3v) is 1.90. The Morgan fingerprint density at radius 2 is 2.12 bits per heavy atom. The largest absolute Gasteiger partial charge is 0.391 e. The number of terminal acetylenes is 1. The van der Waals surface area contributed by atoms with E-state index >= 15 is 0 Å². The van der Waals surface area contributed by atoms with Crippen molar-refractivity contribution in [1.82, 2.24) is 10.6 Å². The Bertz CT molecular complexity index is 251. The molecule has 0 aromatic heterocycles. The zero-order chi connectivity index (χ0) is 12.6. The molecule has 0 aromatic carbocycles. The molecule has 16 heavy (non-hydrogen) atoms. The van der Waals surface area contributed by atoms with E-state index in [0.29, 0.717) is 13.0 Å². The summed E-state index contributed by atoms with van der Waals surface area (Å²) in [7, 11) is 0. The van der Waals surface area contributed by atoms with Crippen LogP contribution in [0.2, 0.25) is 0 Å². The van der Waals surface area contributed by atoms with Gasteiger partial charge in [-0.05, 0) is 11.8 Å². The van der Waals surface area contributed by atoms with Crippen molar-refractivity contribution in [3.8, 4) is 12.3 Å². The van der Waals surface area contributed by atoms with Crippen LogP contribution < -0.4 is 10.6 Å². The van der Waals surface area contributed by atoms with E-state index in [-0.39, 0.29) is 24.4 Å². The summed E-state index contributed by atoms with van der Waals surface area (Å²) in [5.41, 5.74) is 0.0614. The van der Waals surface area contributed by atoms with Gasteiger partial charge in [0, 0.05) is 6.54 Å². The molecule has 1 amide bonds. The topological polar surface area (TPSA) is 61.4 Å². The Kier molecular flexibility index (Phi) is 6.78. The van der Waals surface area contributed by atoms with E-state index in [4.69, 9.17) is 6.42 Å². The Labute approximate surface area is 97.8 Å². The highest BCUT2D eigenvalue weighted by Gasteiger charge is 2.16. The summed E-state index contributed by atoms with van der Waals surface area (Å²) in [5.74, 6) is 2.23. The van der Waals surface area contributed by atoms with Crippen LogP contribution in [0.4, 0.5) is 0 Å². The Hall–Kier alpha value is -1.05. The van der Waals surface area contributed by atoms with Gasteiger partial charge in [-0.1, -0.05) is 26.7 Å². The quantitative estimate of drug-likeness (QED) is 0.445. The Balaban J connectivity index is 3.64. The van der Waals surface area contributed by atoms with Gasteiger partial charge in [0.15, 0.2) is 0 Å². The van der Waals surface area contributed by atoms with E-state index in [1.165, 1.54) is 0 Å². The maximum absolute atomic E-state index is 11.2. The van der Waals surface area contributed by atoms with Crippen molar-refractivity contribution in [2.24, 2.45) is 5.41 Å². The summed E-state index contributed by atoms with van der Waals surface area (Å²) in [5, 5.41) is 15.1. The lowest BCUT2D eigenvalue weighted by atomic mass is 9.89. The van der Waals surface area contributed by atoms with E-state index in [0.717, 1.165) is 0 Å². The van der Waals surface area contributed by atoms with Gasteiger partial charge in [-0.3, -0.25) is 10.1 Å². The molecule has 0 rings (SSSR count). The van der Waals surface area contributed by atoms with Crippen LogP contribution in [0.1, 0.15) is 27.2 Å². The number of amides is 1. The molecule has 4 heteroatoms.